The molecule has 1 fully saturated rings. The zero-order chi connectivity index (χ0) is 17.6. The number of nitrogens with two attached hydrogens (primary N) is 1. The average Bonchev–Trinajstić information content (AvgIpc) is 2.70. The summed E-state index contributed by atoms with van der Waals surface area (Å²) >= 11 is 0. The van der Waals surface area contributed by atoms with Crippen molar-refractivity contribution < 1.29 is 0 Å². The highest BCUT2D eigenvalue weighted by Crippen LogP contribution is 2.11. The van der Waals surface area contributed by atoms with Crippen LogP contribution < -0.4 is 11.1 Å². The molecule has 0 spiro atoms. The van der Waals surface area contributed by atoms with Crippen LogP contribution in [0.15, 0.2) is 29.3 Å². The van der Waals surface area contributed by atoms with E-state index in [0.29, 0.717) is 12.5 Å². The van der Waals surface area contributed by atoms with E-state index in [1.165, 1.54) is 30.6 Å². The fourth-order valence-corrected chi connectivity index (χ4v) is 2.87. The second kappa shape index (κ2) is 8.49. The van der Waals surface area contributed by atoms with Crippen molar-refractivity contribution >= 4 is 5.96 Å². The quantitative estimate of drug-likeness (QED) is 0.655. The number of hydrogen-bond acceptors (Lipinski definition) is 3. The highest BCUT2D eigenvalue weighted by atomic mass is 15.2. The summed E-state index contributed by atoms with van der Waals surface area (Å²) in [7, 11) is 2.21. The summed E-state index contributed by atoms with van der Waals surface area (Å²) in [6.07, 6.45) is 1.25. The maximum absolute atomic E-state index is 5.92. The SMILES string of the molecule is CN1CCCN(Cc2ccc(CN=C(N)NC(C)(C)C)cc2)CC1. The van der Waals surface area contributed by atoms with Gasteiger partial charge >= 0.3 is 0 Å². The Morgan fingerprint density at radius 2 is 1.75 bits per heavy atom. The first-order chi connectivity index (χ1) is 11.3. The van der Waals surface area contributed by atoms with Crippen LogP contribution in [0.25, 0.3) is 0 Å². The monoisotopic (exact) mass is 331 g/mol. The van der Waals surface area contributed by atoms with Crippen molar-refractivity contribution in [3.05, 3.63) is 35.4 Å². The molecule has 0 radical (unpaired) electrons. The summed E-state index contributed by atoms with van der Waals surface area (Å²) < 4.78 is 0. The summed E-state index contributed by atoms with van der Waals surface area (Å²) in [4.78, 5) is 9.37. The first kappa shape index (κ1) is 18.7. The summed E-state index contributed by atoms with van der Waals surface area (Å²) in [5.41, 5.74) is 8.42. The average molecular weight is 332 g/mol. The highest BCUT2D eigenvalue weighted by Gasteiger charge is 2.12. The van der Waals surface area contributed by atoms with E-state index in [2.05, 4.69) is 72.2 Å². The summed E-state index contributed by atoms with van der Waals surface area (Å²) in [5.74, 6) is 0.500. The molecule has 1 saturated heterocycles. The molecule has 134 valence electrons. The van der Waals surface area contributed by atoms with Crippen LogP contribution in [0.2, 0.25) is 0 Å². The molecule has 3 N–H and O–H groups in total. The predicted octanol–water partition coefficient (Wildman–Crippen LogP) is 2.03. The third-order valence-electron chi connectivity index (χ3n) is 4.18. The number of hydrogen-bond donors (Lipinski definition) is 2. The maximum atomic E-state index is 5.92. The Kier molecular flexibility index (Phi) is 6.63. The van der Waals surface area contributed by atoms with Gasteiger partial charge in [0.1, 0.15) is 0 Å². The predicted molar refractivity (Wildman–Crippen MR) is 102 cm³/mol. The van der Waals surface area contributed by atoms with Crippen LogP contribution in [0.1, 0.15) is 38.3 Å². The summed E-state index contributed by atoms with van der Waals surface area (Å²) in [6.45, 7) is 12.6. The van der Waals surface area contributed by atoms with Crippen molar-refractivity contribution in [2.45, 2.75) is 45.8 Å². The second-order valence-electron chi connectivity index (χ2n) is 7.83. The third kappa shape index (κ3) is 6.89. The van der Waals surface area contributed by atoms with Crippen molar-refractivity contribution in [1.29, 1.82) is 0 Å². The van der Waals surface area contributed by atoms with E-state index in [9.17, 15) is 0 Å². The van der Waals surface area contributed by atoms with Gasteiger partial charge in [-0.25, -0.2) is 4.99 Å². The van der Waals surface area contributed by atoms with Gasteiger partial charge in [0.05, 0.1) is 6.54 Å². The molecule has 1 aromatic rings. The van der Waals surface area contributed by atoms with Crippen molar-refractivity contribution in [3.63, 3.8) is 0 Å². The van der Waals surface area contributed by atoms with E-state index in [1.54, 1.807) is 0 Å². The Morgan fingerprint density at radius 1 is 1.08 bits per heavy atom. The first-order valence-corrected chi connectivity index (χ1v) is 8.89. The van der Waals surface area contributed by atoms with Crippen LogP contribution in [0.5, 0.6) is 0 Å². The molecule has 0 unspecified atom stereocenters. The zero-order valence-electron chi connectivity index (χ0n) is 15.7. The molecule has 2 rings (SSSR count). The van der Waals surface area contributed by atoms with Crippen molar-refractivity contribution in [2.24, 2.45) is 10.7 Å². The van der Waals surface area contributed by atoms with Gasteiger partial charge in [-0.05, 0) is 58.5 Å². The van der Waals surface area contributed by atoms with E-state index in [1.807, 2.05) is 0 Å². The minimum absolute atomic E-state index is 0.0569. The van der Waals surface area contributed by atoms with Crippen LogP contribution in [-0.2, 0) is 13.1 Å². The molecular weight excluding hydrogens is 298 g/mol. The molecule has 0 atom stereocenters. The van der Waals surface area contributed by atoms with Gasteiger partial charge in [0, 0.05) is 25.2 Å². The Balaban J connectivity index is 1.85. The van der Waals surface area contributed by atoms with Crippen molar-refractivity contribution in [3.8, 4) is 0 Å². The standard InChI is InChI=1S/C19H33N5/c1-19(2,3)22-18(20)21-14-16-6-8-17(9-7-16)15-24-11-5-10-23(4)12-13-24/h6-9H,5,10-15H2,1-4H3,(H3,20,21,22). The van der Waals surface area contributed by atoms with Gasteiger partial charge in [-0.3, -0.25) is 4.90 Å². The Morgan fingerprint density at radius 3 is 2.42 bits per heavy atom. The van der Waals surface area contributed by atoms with Crippen LogP contribution in [0.4, 0.5) is 0 Å². The number of aliphatic imine (C=N–C) groups is 1. The molecule has 1 aliphatic rings. The number of nitrogens with one attached hydrogen (secondary N) is 1. The molecule has 0 amide bonds. The van der Waals surface area contributed by atoms with Crippen molar-refractivity contribution in [1.82, 2.24) is 15.1 Å². The number of likely N-dealkylation sites (N-methyl/N-ethyl adjacent to an activating group) is 1. The molecule has 0 aromatic heterocycles. The van der Waals surface area contributed by atoms with E-state index < -0.39 is 0 Å². The lowest BCUT2D eigenvalue weighted by Crippen LogP contribution is -2.44. The molecule has 1 aliphatic heterocycles. The smallest absolute Gasteiger partial charge is 0.189 e. The minimum atomic E-state index is -0.0569. The summed E-state index contributed by atoms with van der Waals surface area (Å²) in [5, 5.41) is 3.18. The zero-order valence-corrected chi connectivity index (χ0v) is 15.7. The molecule has 0 saturated carbocycles. The molecule has 1 heterocycles. The second-order valence-corrected chi connectivity index (χ2v) is 7.83. The number of guanidine groups is 1. The van der Waals surface area contributed by atoms with Crippen LogP contribution in [0.3, 0.4) is 0 Å². The molecule has 0 aliphatic carbocycles. The topological polar surface area (TPSA) is 56.9 Å². The highest BCUT2D eigenvalue weighted by molar-refractivity contribution is 5.78. The van der Waals surface area contributed by atoms with Gasteiger partial charge in [-0.15, -0.1) is 0 Å². The molecule has 24 heavy (non-hydrogen) atoms. The molecule has 0 bridgehead atoms. The molecule has 5 heteroatoms. The Bertz CT molecular complexity index is 530. The Labute approximate surface area is 146 Å². The van der Waals surface area contributed by atoms with Crippen LogP contribution in [0, 0.1) is 0 Å². The lowest BCUT2D eigenvalue weighted by molar-refractivity contribution is 0.269. The lowest BCUT2D eigenvalue weighted by atomic mass is 10.1. The maximum Gasteiger partial charge on any atom is 0.189 e. The minimum Gasteiger partial charge on any atom is -0.370 e. The fourth-order valence-electron chi connectivity index (χ4n) is 2.87. The largest absolute Gasteiger partial charge is 0.370 e. The van der Waals surface area contributed by atoms with E-state index >= 15 is 0 Å². The molecular formula is C19H33N5. The van der Waals surface area contributed by atoms with Gasteiger partial charge in [0.15, 0.2) is 5.96 Å². The molecule has 1 aromatic carbocycles. The first-order valence-electron chi connectivity index (χ1n) is 8.89. The van der Waals surface area contributed by atoms with Gasteiger partial charge in [0.25, 0.3) is 0 Å². The van der Waals surface area contributed by atoms with Gasteiger partial charge < -0.3 is 16.0 Å². The van der Waals surface area contributed by atoms with E-state index in [4.69, 9.17) is 5.73 Å². The van der Waals surface area contributed by atoms with Crippen LogP contribution >= 0.6 is 0 Å². The lowest BCUT2D eigenvalue weighted by Gasteiger charge is -2.21. The van der Waals surface area contributed by atoms with Crippen molar-refractivity contribution in [2.75, 3.05) is 33.2 Å². The third-order valence-corrected chi connectivity index (χ3v) is 4.18. The van der Waals surface area contributed by atoms with Gasteiger partial charge in [-0.2, -0.15) is 0 Å². The number of benzene rings is 1. The number of rotatable bonds is 4. The van der Waals surface area contributed by atoms with Gasteiger partial charge in [0.2, 0.25) is 0 Å². The number of nitrogens with zero attached hydrogens (tertiary/aromatic N) is 3. The van der Waals surface area contributed by atoms with E-state index in [0.717, 1.165) is 19.6 Å². The Hall–Kier alpha value is -1.59. The van der Waals surface area contributed by atoms with Gasteiger partial charge in [-0.1, -0.05) is 24.3 Å². The van der Waals surface area contributed by atoms with Crippen LogP contribution in [-0.4, -0.2) is 54.5 Å². The normalized spacial score (nSPS) is 18.4. The summed E-state index contributed by atoms with van der Waals surface area (Å²) in [6, 6.07) is 8.75. The van der Waals surface area contributed by atoms with E-state index in [-0.39, 0.29) is 5.54 Å². The molecule has 5 nitrogen and oxygen atoms in total. The fraction of sp³-hybridized carbons (Fsp3) is 0.632.